The van der Waals surface area contributed by atoms with Crippen molar-refractivity contribution in [2.75, 3.05) is 0 Å². The number of aliphatic carboxylic acids is 1. The minimum atomic E-state index is -0.793. The minimum absolute atomic E-state index is 0.0872. The molecule has 7 heteroatoms. The van der Waals surface area contributed by atoms with Crippen LogP contribution in [0.4, 0.5) is 0 Å². The molecule has 1 unspecified atom stereocenters. The Labute approximate surface area is 92.0 Å². The van der Waals surface area contributed by atoms with Gasteiger partial charge in [0, 0.05) is 0 Å². The van der Waals surface area contributed by atoms with Crippen molar-refractivity contribution in [3.05, 3.63) is 5.82 Å². The summed E-state index contributed by atoms with van der Waals surface area (Å²) in [4.78, 5) is 12.2. The highest BCUT2D eigenvalue weighted by molar-refractivity contribution is 7.99. The highest BCUT2D eigenvalue weighted by Crippen LogP contribution is 2.22. The van der Waals surface area contributed by atoms with Gasteiger partial charge in [-0.3, -0.25) is 4.79 Å². The quantitative estimate of drug-likeness (QED) is 0.795. The molecule has 0 aliphatic carbocycles. The molecule has 0 bridgehead atoms. The number of carboxylic acids is 1. The van der Waals surface area contributed by atoms with E-state index in [1.54, 1.807) is 7.05 Å². The van der Waals surface area contributed by atoms with Crippen LogP contribution in [0.25, 0.3) is 0 Å². The van der Waals surface area contributed by atoms with Crippen molar-refractivity contribution in [2.45, 2.75) is 24.9 Å². The van der Waals surface area contributed by atoms with Crippen molar-refractivity contribution in [2.24, 2.45) is 13.0 Å². The molecule has 0 saturated heterocycles. The lowest BCUT2D eigenvalue weighted by molar-refractivity contribution is -0.137. The average molecular weight is 230 g/mol. The zero-order valence-corrected chi connectivity index (χ0v) is 9.73. The smallest absolute Gasteiger partial charge is 0.316 e. The zero-order valence-electron chi connectivity index (χ0n) is 8.91. The maximum atomic E-state index is 10.9. The van der Waals surface area contributed by atoms with Crippen LogP contribution in [0, 0.1) is 5.92 Å². The third kappa shape index (κ3) is 3.50. The first kappa shape index (κ1) is 12.0. The normalized spacial score (nSPS) is 13.1. The van der Waals surface area contributed by atoms with Crippen LogP contribution in [0.15, 0.2) is 0 Å². The number of carbonyl (C=O) groups is 1. The fourth-order valence-corrected chi connectivity index (χ4v) is 2.07. The molecule has 0 aliphatic heterocycles. The van der Waals surface area contributed by atoms with Crippen molar-refractivity contribution in [3.63, 3.8) is 0 Å². The van der Waals surface area contributed by atoms with Gasteiger partial charge in [-0.1, -0.05) is 13.8 Å². The molecule has 1 aromatic rings. The van der Waals surface area contributed by atoms with Crippen LogP contribution in [0.1, 0.15) is 19.7 Å². The molecule has 6 nitrogen and oxygen atoms in total. The van der Waals surface area contributed by atoms with E-state index in [0.717, 1.165) is 0 Å². The molecule has 0 saturated carbocycles. The number of aromatic nitrogens is 4. The van der Waals surface area contributed by atoms with Crippen LogP contribution in [0.5, 0.6) is 0 Å². The van der Waals surface area contributed by atoms with Gasteiger partial charge in [0.05, 0.1) is 12.8 Å². The predicted octanol–water partition coefficient (Wildman–Crippen LogP) is 0.552. The SMILES string of the molecule is CC(C)C(SCc1nnn(C)n1)C(=O)O. The molecular weight excluding hydrogens is 216 g/mol. The second kappa shape index (κ2) is 5.11. The Kier molecular flexibility index (Phi) is 4.07. The van der Waals surface area contributed by atoms with E-state index < -0.39 is 11.2 Å². The summed E-state index contributed by atoms with van der Waals surface area (Å²) in [5.41, 5.74) is 0. The molecular formula is C8H14N4O2S. The molecule has 0 fully saturated rings. The fourth-order valence-electron chi connectivity index (χ4n) is 1.09. The predicted molar refractivity (Wildman–Crippen MR) is 56.4 cm³/mol. The largest absolute Gasteiger partial charge is 0.480 e. The number of thioether (sulfide) groups is 1. The first-order valence-corrected chi connectivity index (χ1v) is 5.63. The summed E-state index contributed by atoms with van der Waals surface area (Å²) in [6, 6.07) is 0. The van der Waals surface area contributed by atoms with Crippen LogP contribution in [-0.2, 0) is 17.6 Å². The summed E-state index contributed by atoms with van der Waals surface area (Å²) in [7, 11) is 1.68. The minimum Gasteiger partial charge on any atom is -0.480 e. The van der Waals surface area contributed by atoms with E-state index in [1.165, 1.54) is 16.6 Å². The lowest BCUT2D eigenvalue weighted by Crippen LogP contribution is -2.22. The van der Waals surface area contributed by atoms with E-state index >= 15 is 0 Å². The number of rotatable bonds is 5. The number of aryl methyl sites for hydroxylation is 1. The summed E-state index contributed by atoms with van der Waals surface area (Å²) >= 11 is 1.33. The van der Waals surface area contributed by atoms with Crippen molar-refractivity contribution < 1.29 is 9.90 Å². The Morgan fingerprint density at radius 2 is 2.27 bits per heavy atom. The molecule has 0 aliphatic rings. The van der Waals surface area contributed by atoms with Crippen LogP contribution in [-0.4, -0.2) is 36.5 Å². The highest BCUT2D eigenvalue weighted by Gasteiger charge is 2.22. The highest BCUT2D eigenvalue weighted by atomic mass is 32.2. The van der Waals surface area contributed by atoms with Gasteiger partial charge in [0.25, 0.3) is 0 Å². The lowest BCUT2D eigenvalue weighted by Gasteiger charge is -2.14. The third-order valence-corrected chi connectivity index (χ3v) is 3.32. The first-order chi connectivity index (χ1) is 7.00. The fraction of sp³-hybridized carbons (Fsp3) is 0.750. The van der Waals surface area contributed by atoms with E-state index in [2.05, 4.69) is 15.4 Å². The van der Waals surface area contributed by atoms with Gasteiger partial charge in [0.2, 0.25) is 0 Å². The molecule has 0 spiro atoms. The zero-order chi connectivity index (χ0) is 11.4. The van der Waals surface area contributed by atoms with E-state index in [-0.39, 0.29) is 5.92 Å². The lowest BCUT2D eigenvalue weighted by atomic mass is 10.1. The van der Waals surface area contributed by atoms with Gasteiger partial charge in [-0.15, -0.1) is 22.0 Å². The Morgan fingerprint density at radius 3 is 2.67 bits per heavy atom. The van der Waals surface area contributed by atoms with Crippen molar-refractivity contribution in [1.29, 1.82) is 0 Å². The Morgan fingerprint density at radius 1 is 1.60 bits per heavy atom. The molecule has 0 amide bonds. The van der Waals surface area contributed by atoms with Crippen molar-refractivity contribution in [1.82, 2.24) is 20.2 Å². The molecule has 1 rings (SSSR count). The molecule has 1 atom stereocenters. The Balaban J connectivity index is 2.50. The Hall–Kier alpha value is -1.11. The van der Waals surface area contributed by atoms with Crippen molar-refractivity contribution >= 4 is 17.7 Å². The number of tetrazole rings is 1. The maximum Gasteiger partial charge on any atom is 0.316 e. The van der Waals surface area contributed by atoms with Gasteiger partial charge in [-0.05, 0) is 11.1 Å². The van der Waals surface area contributed by atoms with Gasteiger partial charge in [0.1, 0.15) is 5.25 Å². The standard InChI is InChI=1S/C8H14N4O2S/c1-5(2)7(8(13)14)15-4-6-9-11-12(3)10-6/h5,7H,4H2,1-3H3,(H,13,14). The molecule has 84 valence electrons. The van der Waals surface area contributed by atoms with Crippen LogP contribution < -0.4 is 0 Å². The van der Waals surface area contributed by atoms with Crippen LogP contribution in [0.2, 0.25) is 0 Å². The van der Waals surface area contributed by atoms with E-state index in [0.29, 0.717) is 11.6 Å². The van der Waals surface area contributed by atoms with Crippen molar-refractivity contribution in [3.8, 4) is 0 Å². The number of hydrogen-bond donors (Lipinski definition) is 1. The topological polar surface area (TPSA) is 80.9 Å². The number of hydrogen-bond acceptors (Lipinski definition) is 5. The van der Waals surface area contributed by atoms with Crippen LogP contribution in [0.3, 0.4) is 0 Å². The maximum absolute atomic E-state index is 10.9. The monoisotopic (exact) mass is 230 g/mol. The second-order valence-electron chi connectivity index (χ2n) is 3.51. The third-order valence-electron chi connectivity index (χ3n) is 1.79. The molecule has 15 heavy (non-hydrogen) atoms. The molecule has 1 heterocycles. The van der Waals surface area contributed by atoms with Crippen LogP contribution >= 0.6 is 11.8 Å². The summed E-state index contributed by atoms with van der Waals surface area (Å²) in [5.74, 6) is 0.334. The average Bonchev–Trinajstić information content (AvgIpc) is 2.50. The van der Waals surface area contributed by atoms with Gasteiger partial charge in [-0.2, -0.15) is 4.80 Å². The van der Waals surface area contributed by atoms with Gasteiger partial charge in [0.15, 0.2) is 5.82 Å². The van der Waals surface area contributed by atoms with E-state index in [9.17, 15) is 4.79 Å². The van der Waals surface area contributed by atoms with Gasteiger partial charge < -0.3 is 5.11 Å². The summed E-state index contributed by atoms with van der Waals surface area (Å²) in [6.07, 6.45) is 0. The summed E-state index contributed by atoms with van der Waals surface area (Å²) in [6.45, 7) is 3.77. The summed E-state index contributed by atoms with van der Waals surface area (Å²) in [5, 5.41) is 20.0. The van der Waals surface area contributed by atoms with E-state index in [4.69, 9.17) is 5.11 Å². The van der Waals surface area contributed by atoms with E-state index in [1.807, 2.05) is 13.8 Å². The second-order valence-corrected chi connectivity index (χ2v) is 4.64. The first-order valence-electron chi connectivity index (χ1n) is 4.58. The Bertz CT molecular complexity index is 339. The molecule has 1 N–H and O–H groups in total. The molecule has 1 aromatic heterocycles. The van der Waals surface area contributed by atoms with Gasteiger partial charge in [-0.25, -0.2) is 0 Å². The van der Waals surface area contributed by atoms with Gasteiger partial charge >= 0.3 is 5.97 Å². The number of carboxylic acid groups (broad SMARTS) is 1. The molecule has 0 radical (unpaired) electrons. The number of nitrogens with zero attached hydrogens (tertiary/aromatic N) is 4. The molecule has 0 aromatic carbocycles. The summed E-state index contributed by atoms with van der Waals surface area (Å²) < 4.78 is 0.